The first kappa shape index (κ1) is 39.8. The molecule has 1 atom stereocenters. The van der Waals surface area contributed by atoms with Crippen LogP contribution >= 0.6 is 0 Å². The Hall–Kier alpha value is -6.39. The Morgan fingerprint density at radius 1 is 0.491 bits per heavy atom. The highest BCUT2D eigenvalue weighted by Gasteiger charge is 2.13. The Morgan fingerprint density at radius 3 is 1.33 bits per heavy atom. The van der Waals surface area contributed by atoms with E-state index in [4.69, 9.17) is 9.47 Å². The summed E-state index contributed by atoms with van der Waals surface area (Å²) < 4.78 is 11.0. The van der Waals surface area contributed by atoms with E-state index < -0.39 is 0 Å². The fourth-order valence-corrected chi connectivity index (χ4v) is 5.76. The Morgan fingerprint density at radius 2 is 0.855 bits per heavy atom. The van der Waals surface area contributed by atoms with Crippen molar-refractivity contribution < 1.29 is 14.3 Å². The average Bonchev–Trinajstić information content (AvgIpc) is 3.24. The first-order valence-electron chi connectivity index (χ1n) is 18.8. The number of carbonyl (C=O) groups excluding carboxylic acids is 1. The van der Waals surface area contributed by atoms with E-state index in [9.17, 15) is 4.79 Å². The maximum Gasteiger partial charge on any atom is 0.193 e. The molecule has 0 aliphatic rings. The molecule has 0 saturated heterocycles. The van der Waals surface area contributed by atoms with Gasteiger partial charge < -0.3 is 14.4 Å². The predicted octanol–water partition coefficient (Wildman–Crippen LogP) is 14.0. The lowest BCUT2D eigenvalue weighted by Crippen LogP contribution is -2.09. The largest absolute Gasteiger partial charge is 0.497 e. The molecule has 4 nitrogen and oxygen atoms in total. The second kappa shape index (κ2) is 20.2. The van der Waals surface area contributed by atoms with Crippen molar-refractivity contribution in [3.63, 3.8) is 0 Å². The summed E-state index contributed by atoms with van der Waals surface area (Å²) in [6.45, 7) is 10.6. The molecule has 0 radical (unpaired) electrons. The van der Waals surface area contributed by atoms with E-state index in [1.54, 1.807) is 19.2 Å². The van der Waals surface area contributed by atoms with E-state index in [2.05, 4.69) is 111 Å². The Bertz CT molecular complexity index is 2160. The number of anilines is 3. The molecular weight excluding hydrogens is 675 g/mol. The third-order valence-electron chi connectivity index (χ3n) is 9.31. The van der Waals surface area contributed by atoms with Crippen molar-refractivity contribution in [1.82, 2.24) is 0 Å². The second-order valence-electron chi connectivity index (χ2n) is 13.6. The van der Waals surface area contributed by atoms with Gasteiger partial charge in [-0.25, -0.2) is 0 Å². The summed E-state index contributed by atoms with van der Waals surface area (Å²) in [5, 5.41) is 0. The molecule has 278 valence electrons. The fraction of sp³-hybridized carbons (Fsp3) is 0.157. The number of aryl methyl sites for hydroxylation is 3. The summed E-state index contributed by atoms with van der Waals surface area (Å²) in [7, 11) is 1.67. The highest BCUT2D eigenvalue weighted by Crippen LogP contribution is 2.36. The number of ketones is 1. The molecule has 0 aromatic heterocycles. The molecule has 0 aliphatic heterocycles. The van der Waals surface area contributed by atoms with Gasteiger partial charge in [-0.3, -0.25) is 4.79 Å². The van der Waals surface area contributed by atoms with Crippen LogP contribution in [-0.2, 0) is 0 Å². The summed E-state index contributed by atoms with van der Waals surface area (Å²) in [6, 6.07) is 60.3. The van der Waals surface area contributed by atoms with E-state index in [0.29, 0.717) is 22.8 Å². The molecule has 0 spiro atoms. The molecule has 0 amide bonds. The molecule has 0 saturated carbocycles. The van der Waals surface area contributed by atoms with E-state index in [1.165, 1.54) is 23.1 Å². The minimum Gasteiger partial charge on any atom is -0.497 e. The summed E-state index contributed by atoms with van der Waals surface area (Å²) in [5.74, 6) is 3.04. The number of carbonyl (C=O) groups is 1. The van der Waals surface area contributed by atoms with Crippen LogP contribution in [0.25, 0.3) is 0 Å². The minimum absolute atomic E-state index is 0.00279. The predicted molar refractivity (Wildman–Crippen MR) is 230 cm³/mol. The van der Waals surface area contributed by atoms with Crippen LogP contribution in [0.5, 0.6) is 17.2 Å². The topological polar surface area (TPSA) is 38.8 Å². The first-order chi connectivity index (χ1) is 26.7. The quantitative estimate of drug-likeness (QED) is 0.132. The van der Waals surface area contributed by atoms with Crippen LogP contribution < -0.4 is 14.4 Å². The molecule has 7 aromatic rings. The van der Waals surface area contributed by atoms with Crippen LogP contribution in [-0.4, -0.2) is 12.9 Å². The Labute approximate surface area is 327 Å². The average molecular weight is 726 g/mol. The molecular formula is C51H51NO3. The van der Waals surface area contributed by atoms with Gasteiger partial charge in [0, 0.05) is 28.2 Å². The first-order valence-corrected chi connectivity index (χ1v) is 18.8. The van der Waals surface area contributed by atoms with E-state index in [1.807, 2.05) is 97.9 Å². The van der Waals surface area contributed by atoms with Crippen LogP contribution in [0.1, 0.15) is 64.4 Å². The zero-order valence-electron chi connectivity index (χ0n) is 32.8. The number of nitrogens with zero attached hydrogens (tertiary/aromatic N) is 1. The SMILES string of the molecule is CCC(C)c1ccccc1.COc1ccc(C)cc1.Cc1ccc(C(=O)c2ccc(Oc3ccc(N(c4ccccc4)c4ccc(C)cc4)cc3)cc2)cc1. The lowest BCUT2D eigenvalue weighted by molar-refractivity contribution is 0.103. The van der Waals surface area contributed by atoms with Gasteiger partial charge in [-0.2, -0.15) is 0 Å². The molecule has 7 rings (SSSR count). The minimum atomic E-state index is 0.00279. The van der Waals surface area contributed by atoms with Crippen molar-refractivity contribution in [3.8, 4) is 17.2 Å². The maximum atomic E-state index is 12.7. The number of rotatable bonds is 10. The number of benzene rings is 7. The highest BCUT2D eigenvalue weighted by molar-refractivity contribution is 6.09. The van der Waals surface area contributed by atoms with Crippen molar-refractivity contribution in [2.75, 3.05) is 12.0 Å². The van der Waals surface area contributed by atoms with Crippen molar-refractivity contribution in [2.24, 2.45) is 0 Å². The maximum absolute atomic E-state index is 12.7. The van der Waals surface area contributed by atoms with Gasteiger partial charge in [0.05, 0.1) is 7.11 Å². The highest BCUT2D eigenvalue weighted by atomic mass is 16.5. The Kier molecular flexibility index (Phi) is 14.6. The standard InChI is InChI=1S/C33H27NO2.C10H14.C8H10O/c1-24-8-12-26(13-9-24)33(35)27-14-20-31(21-15-27)36-32-22-18-30(19-23-32)34(28-6-4-3-5-7-28)29-16-10-25(2)11-17-29;1-3-9(2)10-7-5-4-6-8-10;1-7-3-5-8(9-2)6-4-7/h3-23H,1-2H3;4-9H,3H2,1-2H3;3-6H,1-2H3. The molecule has 7 aromatic carbocycles. The second-order valence-corrected chi connectivity index (χ2v) is 13.6. The molecule has 0 N–H and O–H groups in total. The lowest BCUT2D eigenvalue weighted by Gasteiger charge is -2.25. The monoisotopic (exact) mass is 725 g/mol. The van der Waals surface area contributed by atoms with Gasteiger partial charge in [-0.05, 0) is 124 Å². The normalized spacial score (nSPS) is 10.8. The van der Waals surface area contributed by atoms with Crippen LogP contribution in [0.3, 0.4) is 0 Å². The smallest absolute Gasteiger partial charge is 0.193 e. The Balaban J connectivity index is 0.000000248. The third kappa shape index (κ3) is 11.8. The van der Waals surface area contributed by atoms with Gasteiger partial charge in [-0.1, -0.05) is 128 Å². The zero-order chi connectivity index (χ0) is 39.0. The molecule has 0 bridgehead atoms. The molecule has 55 heavy (non-hydrogen) atoms. The lowest BCUT2D eigenvalue weighted by atomic mass is 9.99. The van der Waals surface area contributed by atoms with Crippen molar-refractivity contribution in [3.05, 3.63) is 215 Å². The number of para-hydroxylation sites is 1. The fourth-order valence-electron chi connectivity index (χ4n) is 5.76. The van der Waals surface area contributed by atoms with Gasteiger partial charge in [0.25, 0.3) is 0 Å². The van der Waals surface area contributed by atoms with Crippen molar-refractivity contribution in [2.45, 2.75) is 47.0 Å². The van der Waals surface area contributed by atoms with Crippen LogP contribution in [0, 0.1) is 20.8 Å². The van der Waals surface area contributed by atoms with E-state index in [-0.39, 0.29) is 5.78 Å². The summed E-state index contributed by atoms with van der Waals surface area (Å²) in [4.78, 5) is 15.0. The van der Waals surface area contributed by atoms with Crippen molar-refractivity contribution >= 4 is 22.8 Å². The van der Waals surface area contributed by atoms with Crippen LogP contribution in [0.15, 0.2) is 182 Å². The van der Waals surface area contributed by atoms with Gasteiger partial charge in [-0.15, -0.1) is 0 Å². The van der Waals surface area contributed by atoms with Gasteiger partial charge >= 0.3 is 0 Å². The molecule has 0 heterocycles. The third-order valence-corrected chi connectivity index (χ3v) is 9.31. The van der Waals surface area contributed by atoms with Gasteiger partial charge in [0.1, 0.15) is 17.2 Å². The number of methoxy groups -OCH3 is 1. The van der Waals surface area contributed by atoms with E-state index in [0.717, 1.165) is 34.1 Å². The van der Waals surface area contributed by atoms with E-state index >= 15 is 0 Å². The molecule has 0 aliphatic carbocycles. The van der Waals surface area contributed by atoms with Gasteiger partial charge in [0.2, 0.25) is 0 Å². The summed E-state index contributed by atoms with van der Waals surface area (Å²) in [5.41, 5.74) is 9.60. The van der Waals surface area contributed by atoms with Crippen molar-refractivity contribution in [1.29, 1.82) is 0 Å². The number of hydrogen-bond acceptors (Lipinski definition) is 4. The molecule has 0 fully saturated rings. The molecule has 4 heteroatoms. The number of ether oxygens (including phenoxy) is 2. The summed E-state index contributed by atoms with van der Waals surface area (Å²) >= 11 is 0. The summed E-state index contributed by atoms with van der Waals surface area (Å²) in [6.07, 6.45) is 1.23. The zero-order valence-corrected chi connectivity index (χ0v) is 32.8. The van der Waals surface area contributed by atoms with Crippen LogP contribution in [0.2, 0.25) is 0 Å². The number of hydrogen-bond donors (Lipinski definition) is 0. The van der Waals surface area contributed by atoms with Gasteiger partial charge in [0.15, 0.2) is 5.78 Å². The van der Waals surface area contributed by atoms with Crippen LogP contribution in [0.4, 0.5) is 17.1 Å². The molecule has 1 unspecified atom stereocenters.